The Morgan fingerprint density at radius 3 is 2.10 bits per heavy atom. The highest BCUT2D eigenvalue weighted by molar-refractivity contribution is 6.05. The summed E-state index contributed by atoms with van der Waals surface area (Å²) in [6.07, 6.45) is 0.501. The minimum absolute atomic E-state index is 0.0549. The van der Waals surface area contributed by atoms with Crippen LogP contribution in [0.1, 0.15) is 19.4 Å². The van der Waals surface area contributed by atoms with Gasteiger partial charge in [-0.1, -0.05) is 12.6 Å². The number of carbonyl (C=O) groups is 2. The number of ether oxygens (including phenoxy) is 1. The van der Waals surface area contributed by atoms with Crippen LogP contribution in [0.5, 0.6) is 23.0 Å². The Morgan fingerprint density at radius 2 is 1.59 bits per heavy atom. The zero-order chi connectivity index (χ0) is 21.7. The molecule has 2 rings (SSSR count). The van der Waals surface area contributed by atoms with Crippen molar-refractivity contribution in [1.82, 2.24) is 0 Å². The maximum atomic E-state index is 12.8. The molecule has 0 saturated heterocycles. The van der Waals surface area contributed by atoms with Crippen molar-refractivity contribution in [2.24, 2.45) is 0 Å². The van der Waals surface area contributed by atoms with Gasteiger partial charge in [0.05, 0.1) is 6.10 Å². The fourth-order valence-electron chi connectivity index (χ4n) is 2.73. The van der Waals surface area contributed by atoms with Gasteiger partial charge in [-0.3, -0.25) is 9.69 Å². The first-order valence-electron chi connectivity index (χ1n) is 8.83. The second-order valence-corrected chi connectivity index (χ2v) is 6.61. The van der Waals surface area contributed by atoms with Crippen molar-refractivity contribution in [3.8, 4) is 23.0 Å². The van der Waals surface area contributed by atoms with E-state index in [2.05, 4.69) is 6.58 Å². The summed E-state index contributed by atoms with van der Waals surface area (Å²) in [5.74, 6) is -2.90. The van der Waals surface area contributed by atoms with E-state index < -0.39 is 29.8 Å². The maximum absolute atomic E-state index is 12.8. The summed E-state index contributed by atoms with van der Waals surface area (Å²) >= 11 is 0. The van der Waals surface area contributed by atoms with Crippen molar-refractivity contribution in [3.05, 3.63) is 54.6 Å². The van der Waals surface area contributed by atoms with Crippen LogP contribution in [-0.2, 0) is 20.7 Å². The zero-order valence-corrected chi connectivity index (χ0v) is 16.1. The molecule has 0 unspecified atom stereocenters. The highest BCUT2D eigenvalue weighted by atomic mass is 16.5. The summed E-state index contributed by atoms with van der Waals surface area (Å²) in [6.45, 7) is 6.77. The lowest BCUT2D eigenvalue weighted by molar-refractivity contribution is -0.149. The zero-order valence-electron chi connectivity index (χ0n) is 16.1. The van der Waals surface area contributed by atoms with Crippen LogP contribution in [0.4, 0.5) is 5.69 Å². The first-order valence-corrected chi connectivity index (χ1v) is 8.83. The van der Waals surface area contributed by atoms with Crippen LogP contribution in [0, 0.1) is 0 Å². The summed E-state index contributed by atoms with van der Waals surface area (Å²) in [7, 11) is 0. The fourth-order valence-corrected chi connectivity index (χ4v) is 2.73. The predicted octanol–water partition coefficient (Wildman–Crippen LogP) is 2.59. The number of anilines is 1. The minimum atomic E-state index is -1.17. The van der Waals surface area contributed by atoms with Crippen molar-refractivity contribution in [3.63, 3.8) is 0 Å². The first-order chi connectivity index (χ1) is 13.6. The van der Waals surface area contributed by atoms with E-state index in [4.69, 9.17) is 4.74 Å². The topological polar surface area (TPSA) is 128 Å². The molecular weight excluding hydrogens is 378 g/mol. The van der Waals surface area contributed by atoms with Gasteiger partial charge in [0, 0.05) is 18.2 Å². The molecule has 0 aliphatic heterocycles. The second-order valence-electron chi connectivity index (χ2n) is 6.61. The van der Waals surface area contributed by atoms with Gasteiger partial charge in [-0.05, 0) is 49.8 Å². The number of hydrogen-bond acceptors (Lipinski definition) is 7. The van der Waals surface area contributed by atoms with Crippen LogP contribution in [0.15, 0.2) is 49.1 Å². The highest BCUT2D eigenvalue weighted by Crippen LogP contribution is 2.32. The molecule has 0 saturated carbocycles. The van der Waals surface area contributed by atoms with Gasteiger partial charge in [0.25, 0.3) is 5.91 Å². The molecule has 0 spiro atoms. The molecule has 1 amide bonds. The number of nitrogens with zero attached hydrogens (tertiary/aromatic N) is 1. The van der Waals surface area contributed by atoms with Crippen LogP contribution < -0.4 is 4.90 Å². The monoisotopic (exact) mass is 401 g/mol. The number of rotatable bonds is 7. The lowest BCUT2D eigenvalue weighted by Gasteiger charge is -2.30. The van der Waals surface area contributed by atoms with Crippen LogP contribution in [0.25, 0.3) is 0 Å². The van der Waals surface area contributed by atoms with E-state index in [9.17, 15) is 30.0 Å². The third-order valence-corrected chi connectivity index (χ3v) is 4.05. The molecular formula is C21H23NO7. The minimum Gasteiger partial charge on any atom is -0.504 e. The SMILES string of the molecule is C=CC(=O)N(c1ccc(O)c(O)c1)[C@H](Cc1ccc(O)c(O)c1)C(=O)OC(C)C. The molecule has 0 bridgehead atoms. The Bertz CT molecular complexity index is 923. The molecule has 0 aliphatic rings. The van der Waals surface area contributed by atoms with Gasteiger partial charge in [0.2, 0.25) is 0 Å². The molecule has 0 radical (unpaired) electrons. The smallest absolute Gasteiger partial charge is 0.329 e. The number of esters is 1. The predicted molar refractivity (Wildman–Crippen MR) is 106 cm³/mol. The number of amides is 1. The number of phenolic OH excluding ortho intramolecular Hbond substituents is 4. The largest absolute Gasteiger partial charge is 0.504 e. The molecule has 2 aromatic carbocycles. The van der Waals surface area contributed by atoms with Gasteiger partial charge in [0.1, 0.15) is 6.04 Å². The van der Waals surface area contributed by atoms with Gasteiger partial charge < -0.3 is 25.2 Å². The van der Waals surface area contributed by atoms with E-state index in [0.29, 0.717) is 5.56 Å². The van der Waals surface area contributed by atoms with Crippen molar-refractivity contribution in [2.75, 3.05) is 4.90 Å². The molecule has 0 heterocycles. The lowest BCUT2D eigenvalue weighted by Crippen LogP contribution is -2.47. The van der Waals surface area contributed by atoms with Crippen LogP contribution in [-0.4, -0.2) is 44.4 Å². The van der Waals surface area contributed by atoms with Gasteiger partial charge >= 0.3 is 5.97 Å². The van der Waals surface area contributed by atoms with Gasteiger partial charge in [0.15, 0.2) is 23.0 Å². The molecule has 8 heteroatoms. The van der Waals surface area contributed by atoms with Gasteiger partial charge in [-0.15, -0.1) is 0 Å². The first kappa shape index (κ1) is 21.6. The molecule has 0 aromatic heterocycles. The van der Waals surface area contributed by atoms with E-state index in [-0.39, 0.29) is 29.4 Å². The molecule has 154 valence electrons. The molecule has 29 heavy (non-hydrogen) atoms. The van der Waals surface area contributed by atoms with Crippen molar-refractivity contribution >= 4 is 17.6 Å². The van der Waals surface area contributed by atoms with Crippen LogP contribution in [0.2, 0.25) is 0 Å². The van der Waals surface area contributed by atoms with Crippen LogP contribution in [0.3, 0.4) is 0 Å². The van der Waals surface area contributed by atoms with E-state index >= 15 is 0 Å². The van der Waals surface area contributed by atoms with Crippen LogP contribution >= 0.6 is 0 Å². The Labute approximate surface area is 167 Å². The Kier molecular flexibility index (Phi) is 6.71. The molecule has 4 N–H and O–H groups in total. The van der Waals surface area contributed by atoms with E-state index in [1.165, 1.54) is 30.3 Å². The number of phenols is 4. The summed E-state index contributed by atoms with van der Waals surface area (Å²) in [6, 6.07) is 6.55. The highest BCUT2D eigenvalue weighted by Gasteiger charge is 2.32. The lowest BCUT2D eigenvalue weighted by atomic mass is 10.0. The average Bonchev–Trinajstić information content (AvgIpc) is 2.66. The molecule has 1 atom stereocenters. The summed E-state index contributed by atoms with van der Waals surface area (Å²) in [5.41, 5.74) is 0.592. The fraction of sp³-hybridized carbons (Fsp3) is 0.238. The van der Waals surface area contributed by atoms with E-state index in [1.807, 2.05) is 0 Å². The van der Waals surface area contributed by atoms with Crippen molar-refractivity contribution < 1.29 is 34.8 Å². The van der Waals surface area contributed by atoms with E-state index in [0.717, 1.165) is 17.0 Å². The number of hydrogen-bond donors (Lipinski definition) is 4. The standard InChI is InChI=1S/C21H23NO7/c1-4-20(27)22(14-6-8-17(24)19(26)11-14)15(21(28)29-12(2)3)9-13-5-7-16(23)18(25)10-13/h4-8,10-12,15,23-26H,1,9H2,2-3H3/t15-/m1/s1. The Morgan fingerprint density at radius 1 is 1.00 bits per heavy atom. The number of carbonyl (C=O) groups excluding carboxylic acids is 2. The average molecular weight is 401 g/mol. The summed E-state index contributed by atoms with van der Waals surface area (Å²) < 4.78 is 5.30. The van der Waals surface area contributed by atoms with Crippen molar-refractivity contribution in [2.45, 2.75) is 32.4 Å². The Hall–Kier alpha value is -3.68. The second kappa shape index (κ2) is 9.01. The van der Waals surface area contributed by atoms with Crippen molar-refractivity contribution in [1.29, 1.82) is 0 Å². The summed E-state index contributed by atoms with van der Waals surface area (Å²) in [4.78, 5) is 26.5. The molecule has 0 aliphatic carbocycles. The van der Waals surface area contributed by atoms with Gasteiger partial charge in [-0.25, -0.2) is 4.79 Å². The Balaban J connectivity index is 2.54. The maximum Gasteiger partial charge on any atom is 0.329 e. The summed E-state index contributed by atoms with van der Waals surface area (Å²) in [5, 5.41) is 38.7. The van der Waals surface area contributed by atoms with E-state index in [1.54, 1.807) is 13.8 Å². The number of aromatic hydroxyl groups is 4. The third kappa shape index (κ3) is 5.19. The van der Waals surface area contributed by atoms with Gasteiger partial charge in [-0.2, -0.15) is 0 Å². The quantitative estimate of drug-likeness (QED) is 0.319. The molecule has 2 aromatic rings. The third-order valence-electron chi connectivity index (χ3n) is 4.05. The number of benzene rings is 2. The molecule has 0 fully saturated rings. The normalized spacial score (nSPS) is 11.7. The molecule has 8 nitrogen and oxygen atoms in total.